The molecule has 0 saturated carbocycles. The number of aliphatic hydroxyl groups is 1. The number of hydrogen-bond donors (Lipinski definition) is 2. The van der Waals surface area contributed by atoms with Crippen LogP contribution in [0.1, 0.15) is 36.1 Å². The van der Waals surface area contributed by atoms with E-state index in [9.17, 15) is 5.11 Å². The fourth-order valence-electron chi connectivity index (χ4n) is 2.91. The normalized spacial score (nSPS) is 27.4. The molecule has 20 heavy (non-hydrogen) atoms. The van der Waals surface area contributed by atoms with Crippen LogP contribution in [0.3, 0.4) is 0 Å². The van der Waals surface area contributed by atoms with E-state index < -0.39 is 0 Å². The van der Waals surface area contributed by atoms with Gasteiger partial charge in [0.05, 0.1) is 24.9 Å². The van der Waals surface area contributed by atoms with Crippen LogP contribution >= 0.6 is 11.3 Å². The molecule has 1 aliphatic rings. The van der Waals surface area contributed by atoms with Crippen molar-refractivity contribution in [2.24, 2.45) is 5.73 Å². The molecule has 0 spiro atoms. The molecule has 0 amide bonds. The average Bonchev–Trinajstić information content (AvgIpc) is 2.84. The Bertz CT molecular complexity index is 424. The van der Waals surface area contributed by atoms with E-state index in [0.717, 1.165) is 19.5 Å². The van der Waals surface area contributed by atoms with Crippen LogP contribution in [0, 0.1) is 6.92 Å². The number of aryl methyl sites for hydroxylation is 1. The van der Waals surface area contributed by atoms with E-state index >= 15 is 0 Å². The molecule has 0 aliphatic carbocycles. The molecule has 4 atom stereocenters. The molecule has 4 unspecified atom stereocenters. The van der Waals surface area contributed by atoms with Gasteiger partial charge in [0, 0.05) is 28.9 Å². The van der Waals surface area contributed by atoms with E-state index in [4.69, 9.17) is 10.5 Å². The number of thiophene rings is 1. The minimum atomic E-state index is -0.105. The first kappa shape index (κ1) is 15.9. The number of morpholine rings is 1. The molecule has 1 aromatic heterocycles. The average molecular weight is 298 g/mol. The van der Waals surface area contributed by atoms with Crippen molar-refractivity contribution in [3.8, 4) is 0 Å². The second-order valence-electron chi connectivity index (χ2n) is 5.67. The Kier molecular flexibility index (Phi) is 5.57. The van der Waals surface area contributed by atoms with Crippen molar-refractivity contribution in [3.05, 3.63) is 21.9 Å². The van der Waals surface area contributed by atoms with Crippen molar-refractivity contribution in [1.82, 2.24) is 4.90 Å². The fraction of sp³-hybridized carbons (Fsp3) is 0.733. The summed E-state index contributed by atoms with van der Waals surface area (Å²) in [6, 6.07) is 4.67. The van der Waals surface area contributed by atoms with Crippen LogP contribution in [0.5, 0.6) is 0 Å². The summed E-state index contributed by atoms with van der Waals surface area (Å²) in [5.41, 5.74) is 6.38. The predicted octanol–water partition coefficient (Wildman–Crippen LogP) is 1.92. The summed E-state index contributed by atoms with van der Waals surface area (Å²) in [4.78, 5) is 5.02. The van der Waals surface area contributed by atoms with Gasteiger partial charge < -0.3 is 15.6 Å². The Hall–Kier alpha value is -0.460. The van der Waals surface area contributed by atoms with Crippen molar-refractivity contribution in [1.29, 1.82) is 0 Å². The minimum absolute atomic E-state index is 0.0678. The Labute approximate surface area is 125 Å². The van der Waals surface area contributed by atoms with Gasteiger partial charge in [-0.1, -0.05) is 6.92 Å². The first-order valence-electron chi connectivity index (χ1n) is 7.37. The maximum absolute atomic E-state index is 9.40. The fourth-order valence-corrected chi connectivity index (χ4v) is 3.99. The van der Waals surface area contributed by atoms with Crippen LogP contribution in [-0.2, 0) is 4.74 Å². The van der Waals surface area contributed by atoms with Crippen molar-refractivity contribution >= 4 is 11.3 Å². The van der Waals surface area contributed by atoms with Gasteiger partial charge in [0.2, 0.25) is 0 Å². The van der Waals surface area contributed by atoms with Gasteiger partial charge in [-0.05, 0) is 32.4 Å². The number of nitrogens with zero attached hydrogens (tertiary/aromatic N) is 1. The SMILES string of the molecule is CCC(N)C(c1ccc(C)s1)N1CC(C)OC(CO)C1. The Morgan fingerprint density at radius 3 is 2.80 bits per heavy atom. The highest BCUT2D eigenvalue weighted by atomic mass is 32.1. The highest BCUT2D eigenvalue weighted by Gasteiger charge is 2.33. The Morgan fingerprint density at radius 2 is 2.25 bits per heavy atom. The lowest BCUT2D eigenvalue weighted by atomic mass is 10.0. The third kappa shape index (κ3) is 3.59. The van der Waals surface area contributed by atoms with Crippen LogP contribution in [0.2, 0.25) is 0 Å². The molecule has 1 saturated heterocycles. The molecule has 0 radical (unpaired) electrons. The molecule has 1 fully saturated rings. The zero-order chi connectivity index (χ0) is 14.7. The standard InChI is InChI=1S/C15H26N2O2S/c1-4-13(16)15(14-6-5-11(3)20-14)17-7-10(2)19-12(8-17)9-18/h5-6,10,12-13,15,18H,4,7-9,16H2,1-3H3. The molecule has 2 heterocycles. The second-order valence-corrected chi connectivity index (χ2v) is 6.99. The summed E-state index contributed by atoms with van der Waals surface area (Å²) in [6.07, 6.45) is 0.969. The van der Waals surface area contributed by atoms with Crippen LogP contribution in [0.4, 0.5) is 0 Å². The number of nitrogens with two attached hydrogens (primary N) is 1. The molecule has 5 heteroatoms. The molecule has 114 valence electrons. The van der Waals surface area contributed by atoms with Crippen LogP contribution in [0.15, 0.2) is 12.1 Å². The van der Waals surface area contributed by atoms with E-state index in [2.05, 4.69) is 37.8 Å². The van der Waals surface area contributed by atoms with Gasteiger partial charge in [0.15, 0.2) is 0 Å². The molecule has 4 nitrogen and oxygen atoms in total. The van der Waals surface area contributed by atoms with Gasteiger partial charge in [-0.3, -0.25) is 4.90 Å². The van der Waals surface area contributed by atoms with Crippen molar-refractivity contribution in [2.45, 2.75) is 51.5 Å². The molecule has 1 aliphatic heterocycles. The lowest BCUT2D eigenvalue weighted by molar-refractivity contribution is -0.108. The molecule has 0 aromatic carbocycles. The van der Waals surface area contributed by atoms with E-state index in [1.165, 1.54) is 9.75 Å². The van der Waals surface area contributed by atoms with Gasteiger partial charge in [-0.25, -0.2) is 0 Å². The van der Waals surface area contributed by atoms with Gasteiger partial charge in [0.25, 0.3) is 0 Å². The quantitative estimate of drug-likeness (QED) is 0.872. The summed E-state index contributed by atoms with van der Waals surface area (Å²) < 4.78 is 5.74. The highest BCUT2D eigenvalue weighted by molar-refractivity contribution is 7.12. The lowest BCUT2D eigenvalue weighted by Gasteiger charge is -2.42. The number of hydrogen-bond acceptors (Lipinski definition) is 5. The predicted molar refractivity (Wildman–Crippen MR) is 83.1 cm³/mol. The van der Waals surface area contributed by atoms with Gasteiger partial charge in [-0.15, -0.1) is 11.3 Å². The summed E-state index contributed by atoms with van der Waals surface area (Å²) >= 11 is 1.82. The monoisotopic (exact) mass is 298 g/mol. The lowest BCUT2D eigenvalue weighted by Crippen LogP contribution is -2.52. The van der Waals surface area contributed by atoms with Gasteiger partial charge in [0.1, 0.15) is 0 Å². The first-order valence-corrected chi connectivity index (χ1v) is 8.19. The molecule has 0 bridgehead atoms. The van der Waals surface area contributed by atoms with E-state index in [-0.39, 0.29) is 30.9 Å². The molecular weight excluding hydrogens is 272 g/mol. The minimum Gasteiger partial charge on any atom is -0.394 e. The first-order chi connectivity index (χ1) is 9.55. The van der Waals surface area contributed by atoms with Crippen LogP contribution in [0.25, 0.3) is 0 Å². The summed E-state index contributed by atoms with van der Waals surface area (Å²) in [7, 11) is 0. The van der Waals surface area contributed by atoms with E-state index in [1.807, 2.05) is 11.3 Å². The molecule has 1 aromatic rings. The second kappa shape index (κ2) is 7.00. The van der Waals surface area contributed by atoms with E-state index in [0.29, 0.717) is 0 Å². The summed E-state index contributed by atoms with van der Waals surface area (Å²) in [5, 5.41) is 9.40. The third-order valence-electron chi connectivity index (χ3n) is 3.88. The van der Waals surface area contributed by atoms with Crippen molar-refractivity contribution < 1.29 is 9.84 Å². The van der Waals surface area contributed by atoms with Gasteiger partial charge >= 0.3 is 0 Å². The number of aliphatic hydroxyl groups excluding tert-OH is 1. The van der Waals surface area contributed by atoms with Crippen LogP contribution < -0.4 is 5.73 Å². The maximum Gasteiger partial charge on any atom is 0.0936 e. The van der Waals surface area contributed by atoms with Gasteiger partial charge in [-0.2, -0.15) is 0 Å². The number of ether oxygens (including phenoxy) is 1. The highest BCUT2D eigenvalue weighted by Crippen LogP contribution is 2.32. The van der Waals surface area contributed by atoms with Crippen molar-refractivity contribution in [2.75, 3.05) is 19.7 Å². The number of rotatable bonds is 5. The summed E-state index contributed by atoms with van der Waals surface area (Å²) in [5.74, 6) is 0. The van der Waals surface area contributed by atoms with E-state index in [1.54, 1.807) is 0 Å². The molecule has 2 rings (SSSR count). The smallest absolute Gasteiger partial charge is 0.0936 e. The molecular formula is C15H26N2O2S. The molecule has 3 N–H and O–H groups in total. The third-order valence-corrected chi connectivity index (χ3v) is 4.95. The summed E-state index contributed by atoms with van der Waals surface area (Å²) in [6.45, 7) is 8.00. The zero-order valence-electron chi connectivity index (χ0n) is 12.6. The van der Waals surface area contributed by atoms with Crippen LogP contribution in [-0.4, -0.2) is 48.0 Å². The topological polar surface area (TPSA) is 58.7 Å². The maximum atomic E-state index is 9.40. The largest absolute Gasteiger partial charge is 0.394 e. The Morgan fingerprint density at radius 1 is 1.50 bits per heavy atom. The zero-order valence-corrected chi connectivity index (χ0v) is 13.4. The van der Waals surface area contributed by atoms with Crippen molar-refractivity contribution in [3.63, 3.8) is 0 Å². The Balaban J connectivity index is 2.22.